The summed E-state index contributed by atoms with van der Waals surface area (Å²) in [5.41, 5.74) is 5.74. The number of carbonyl (C=O) groups excluding carboxylic acids is 1. The summed E-state index contributed by atoms with van der Waals surface area (Å²) in [6.45, 7) is -2.75. The molecule has 3 N–H and O–H groups in total. The Labute approximate surface area is 154 Å². The van der Waals surface area contributed by atoms with Crippen molar-refractivity contribution in [3.63, 3.8) is 0 Å². The molecule has 1 fully saturated rings. The van der Waals surface area contributed by atoms with Crippen molar-refractivity contribution < 1.29 is 23.0 Å². The molecule has 1 amide bonds. The molecule has 0 aromatic heterocycles. The second kappa shape index (κ2) is 9.58. The van der Waals surface area contributed by atoms with Gasteiger partial charge >= 0.3 is 6.61 Å². The molecule has 1 aromatic rings. The minimum absolute atomic E-state index is 0. The van der Waals surface area contributed by atoms with E-state index in [0.717, 1.165) is 0 Å². The summed E-state index contributed by atoms with van der Waals surface area (Å²) >= 11 is 11.7. The molecule has 2 rings (SSSR count). The monoisotopic (exact) mass is 404 g/mol. The number of halogens is 5. The van der Waals surface area contributed by atoms with Crippen molar-refractivity contribution in [3.8, 4) is 5.75 Å². The minimum Gasteiger partial charge on any atom is -0.433 e. The Balaban J connectivity index is 0.00000288. The number of carbonyl (C=O) groups is 1. The van der Waals surface area contributed by atoms with Crippen LogP contribution < -0.4 is 15.8 Å². The van der Waals surface area contributed by atoms with Crippen LogP contribution in [0.2, 0.25) is 10.0 Å². The quantitative estimate of drug-likeness (QED) is 0.762. The highest BCUT2D eigenvalue weighted by atomic mass is 35.5. The first-order valence-electron chi connectivity index (χ1n) is 6.96. The van der Waals surface area contributed by atoms with Gasteiger partial charge in [0.05, 0.1) is 11.1 Å². The first kappa shape index (κ1) is 21.2. The predicted molar refractivity (Wildman–Crippen MR) is 89.1 cm³/mol. The molecule has 2 atom stereocenters. The normalized spacial score (nSPS) is 19.9. The average molecular weight is 406 g/mol. The van der Waals surface area contributed by atoms with Crippen LogP contribution in [0.5, 0.6) is 5.75 Å². The van der Waals surface area contributed by atoms with E-state index in [9.17, 15) is 13.6 Å². The molecule has 1 aliphatic rings. The largest absolute Gasteiger partial charge is 0.433 e. The second-order valence-electron chi connectivity index (χ2n) is 5.03. The summed E-state index contributed by atoms with van der Waals surface area (Å²) in [4.78, 5) is 12.1. The number of ether oxygens (including phenoxy) is 2. The molecule has 136 valence electrons. The molecule has 0 spiro atoms. The number of benzene rings is 1. The van der Waals surface area contributed by atoms with Crippen molar-refractivity contribution in [2.24, 2.45) is 5.73 Å². The van der Waals surface area contributed by atoms with Gasteiger partial charge in [0.1, 0.15) is 11.9 Å². The standard InChI is InChI=1S/C14H16Cl2F2N2O3.ClH/c15-8-3-7(12(10(16)4-8)23-14(17)18)6-20-13(21)11-2-1-9(5-19)22-11;/h3-4,9,11,14H,1-2,5-6,19H2,(H,20,21);1H/t9-,11+;/m1./s1. The molecule has 1 saturated heterocycles. The van der Waals surface area contributed by atoms with Crippen LogP contribution in [0.15, 0.2) is 12.1 Å². The van der Waals surface area contributed by atoms with Crippen molar-refractivity contribution in [1.29, 1.82) is 0 Å². The summed E-state index contributed by atoms with van der Waals surface area (Å²) in [5.74, 6) is -0.557. The van der Waals surface area contributed by atoms with Crippen LogP contribution >= 0.6 is 35.6 Å². The van der Waals surface area contributed by atoms with Gasteiger partial charge < -0.3 is 20.5 Å². The van der Waals surface area contributed by atoms with E-state index in [0.29, 0.717) is 19.4 Å². The lowest BCUT2D eigenvalue weighted by Crippen LogP contribution is -2.35. The van der Waals surface area contributed by atoms with E-state index in [1.54, 1.807) is 0 Å². The lowest BCUT2D eigenvalue weighted by Gasteiger charge is -2.16. The number of hydrogen-bond donors (Lipinski definition) is 2. The van der Waals surface area contributed by atoms with Gasteiger partial charge in [0.15, 0.2) is 0 Å². The van der Waals surface area contributed by atoms with Crippen molar-refractivity contribution in [1.82, 2.24) is 5.32 Å². The van der Waals surface area contributed by atoms with Crippen LogP contribution in [0, 0.1) is 0 Å². The lowest BCUT2D eigenvalue weighted by atomic mass is 10.1. The van der Waals surface area contributed by atoms with E-state index in [-0.39, 0.29) is 52.3 Å². The zero-order valence-electron chi connectivity index (χ0n) is 12.4. The highest BCUT2D eigenvalue weighted by Gasteiger charge is 2.29. The van der Waals surface area contributed by atoms with Gasteiger partial charge in [0, 0.05) is 23.7 Å². The van der Waals surface area contributed by atoms with Gasteiger partial charge in [0.25, 0.3) is 0 Å². The smallest absolute Gasteiger partial charge is 0.387 e. The minimum atomic E-state index is -3.04. The molecule has 5 nitrogen and oxygen atoms in total. The van der Waals surface area contributed by atoms with Crippen LogP contribution in [0.25, 0.3) is 0 Å². The van der Waals surface area contributed by atoms with Crippen LogP contribution in [0.1, 0.15) is 18.4 Å². The number of hydrogen-bond acceptors (Lipinski definition) is 4. The van der Waals surface area contributed by atoms with E-state index in [2.05, 4.69) is 10.1 Å². The second-order valence-corrected chi connectivity index (χ2v) is 5.88. The highest BCUT2D eigenvalue weighted by Crippen LogP contribution is 2.33. The van der Waals surface area contributed by atoms with E-state index in [4.69, 9.17) is 33.7 Å². The van der Waals surface area contributed by atoms with Crippen LogP contribution in [-0.2, 0) is 16.1 Å². The van der Waals surface area contributed by atoms with Gasteiger partial charge in [-0.25, -0.2) is 0 Å². The summed E-state index contributed by atoms with van der Waals surface area (Å²) in [6.07, 6.45) is 0.531. The van der Waals surface area contributed by atoms with Gasteiger partial charge in [-0.05, 0) is 25.0 Å². The van der Waals surface area contributed by atoms with Gasteiger partial charge in [-0.15, -0.1) is 12.4 Å². The fourth-order valence-corrected chi connectivity index (χ4v) is 2.91. The molecule has 24 heavy (non-hydrogen) atoms. The Bertz CT molecular complexity index is 578. The Kier molecular flexibility index (Phi) is 8.45. The third kappa shape index (κ3) is 5.60. The third-order valence-corrected chi connectivity index (χ3v) is 3.91. The topological polar surface area (TPSA) is 73.6 Å². The molecule has 1 heterocycles. The molecule has 0 bridgehead atoms. The number of rotatable bonds is 6. The molecule has 0 radical (unpaired) electrons. The molecule has 0 saturated carbocycles. The van der Waals surface area contributed by atoms with Gasteiger partial charge in [-0.1, -0.05) is 23.2 Å². The fourth-order valence-electron chi connectivity index (χ4n) is 2.33. The Morgan fingerprint density at radius 1 is 1.42 bits per heavy atom. The Morgan fingerprint density at radius 3 is 2.71 bits per heavy atom. The zero-order chi connectivity index (χ0) is 17.0. The van der Waals surface area contributed by atoms with E-state index < -0.39 is 12.7 Å². The van der Waals surface area contributed by atoms with E-state index >= 15 is 0 Å². The number of amides is 1. The first-order chi connectivity index (χ1) is 10.9. The predicted octanol–water partition coefficient (Wildman–Crippen LogP) is 3.14. The van der Waals surface area contributed by atoms with Crippen molar-refractivity contribution in [2.75, 3.05) is 6.54 Å². The Hall–Kier alpha value is -0.860. The van der Waals surface area contributed by atoms with Crippen LogP contribution in [0.4, 0.5) is 8.78 Å². The average Bonchev–Trinajstić information content (AvgIpc) is 2.96. The lowest BCUT2D eigenvalue weighted by molar-refractivity contribution is -0.132. The van der Waals surface area contributed by atoms with E-state index in [1.165, 1.54) is 12.1 Å². The van der Waals surface area contributed by atoms with Gasteiger partial charge in [0.2, 0.25) is 5.91 Å². The van der Waals surface area contributed by atoms with Crippen molar-refractivity contribution in [3.05, 3.63) is 27.7 Å². The fraction of sp³-hybridized carbons (Fsp3) is 0.500. The molecule has 0 unspecified atom stereocenters. The van der Waals surface area contributed by atoms with Gasteiger partial charge in [-0.3, -0.25) is 4.79 Å². The summed E-state index contributed by atoms with van der Waals surface area (Å²) < 4.78 is 34.8. The summed E-state index contributed by atoms with van der Waals surface area (Å²) in [7, 11) is 0. The zero-order valence-corrected chi connectivity index (χ0v) is 14.8. The maximum atomic E-state index is 12.5. The molecular weight excluding hydrogens is 389 g/mol. The van der Waals surface area contributed by atoms with Crippen molar-refractivity contribution in [2.45, 2.75) is 38.2 Å². The van der Waals surface area contributed by atoms with Gasteiger partial charge in [-0.2, -0.15) is 8.78 Å². The maximum absolute atomic E-state index is 12.5. The Morgan fingerprint density at radius 2 is 2.12 bits per heavy atom. The molecule has 0 aliphatic carbocycles. The summed E-state index contributed by atoms with van der Waals surface area (Å²) in [5, 5.41) is 2.80. The SMILES string of the molecule is Cl.NC[C@H]1CC[C@@H](C(=O)NCc2cc(Cl)cc(Cl)c2OC(F)F)O1. The molecule has 1 aromatic carbocycles. The number of nitrogens with two attached hydrogens (primary N) is 1. The number of alkyl halides is 2. The molecule has 1 aliphatic heterocycles. The number of nitrogens with one attached hydrogen (secondary N) is 1. The third-order valence-electron chi connectivity index (χ3n) is 3.41. The van der Waals surface area contributed by atoms with Crippen molar-refractivity contribution >= 4 is 41.5 Å². The summed E-state index contributed by atoms with van der Waals surface area (Å²) in [6, 6.07) is 2.70. The maximum Gasteiger partial charge on any atom is 0.387 e. The van der Waals surface area contributed by atoms with Crippen LogP contribution in [0.3, 0.4) is 0 Å². The first-order valence-corrected chi connectivity index (χ1v) is 7.72. The highest BCUT2D eigenvalue weighted by molar-refractivity contribution is 6.35. The molecule has 10 heteroatoms. The van der Waals surface area contributed by atoms with E-state index in [1.807, 2.05) is 0 Å². The van der Waals surface area contributed by atoms with Crippen LogP contribution in [-0.4, -0.2) is 31.3 Å². The molecular formula is C14H17Cl3F2N2O3.